The molecule has 0 saturated heterocycles. The zero-order valence-corrected chi connectivity index (χ0v) is 21.3. The van der Waals surface area contributed by atoms with Crippen molar-refractivity contribution in [2.75, 3.05) is 62.0 Å². The molecule has 2 nitrogen and oxygen atoms in total. The molecule has 3 rings (SSSR count). The Kier molecular flexibility index (Phi) is 11.0. The van der Waals surface area contributed by atoms with Crippen LogP contribution < -0.4 is 0 Å². The highest BCUT2D eigenvalue weighted by atomic mass is 32.3. The van der Waals surface area contributed by atoms with Gasteiger partial charge in [-0.1, -0.05) is 47.0 Å². The molecular formula is C16H22O2S8. The maximum Gasteiger partial charge on any atom is 0.0717 e. The van der Waals surface area contributed by atoms with Crippen LogP contribution in [0, 0.1) is 0 Å². The van der Waals surface area contributed by atoms with Gasteiger partial charge in [0.25, 0.3) is 0 Å². The number of hydrogen-bond donors (Lipinski definition) is 0. The molecule has 0 aliphatic carbocycles. The molecule has 0 N–H and O–H groups in total. The Labute approximate surface area is 190 Å². The predicted molar refractivity (Wildman–Crippen MR) is 135 cm³/mol. The lowest BCUT2D eigenvalue weighted by Crippen LogP contribution is -2.09. The van der Waals surface area contributed by atoms with Gasteiger partial charge in [-0.05, 0) is 12.5 Å². The molecule has 0 spiro atoms. The molecule has 0 atom stereocenters. The Balaban J connectivity index is 1.64. The van der Waals surface area contributed by atoms with Gasteiger partial charge in [-0.2, -0.15) is 23.5 Å². The first-order valence-corrected chi connectivity index (χ1v) is 16.1. The first-order chi connectivity index (χ1) is 12.8. The molecule has 146 valence electrons. The van der Waals surface area contributed by atoms with E-state index in [2.05, 4.69) is 12.5 Å². The van der Waals surface area contributed by atoms with Gasteiger partial charge >= 0.3 is 0 Å². The topological polar surface area (TPSA) is 18.5 Å². The smallest absolute Gasteiger partial charge is 0.0717 e. The summed E-state index contributed by atoms with van der Waals surface area (Å²) < 4.78 is 17.1. The second-order valence-electron chi connectivity index (χ2n) is 5.14. The molecule has 10 heteroatoms. The summed E-state index contributed by atoms with van der Waals surface area (Å²) in [6.45, 7) is 3.08. The highest BCUT2D eigenvalue weighted by molar-refractivity contribution is 8.42. The Morgan fingerprint density at radius 2 is 1.12 bits per heavy atom. The van der Waals surface area contributed by atoms with Crippen molar-refractivity contribution in [2.45, 2.75) is 0 Å². The normalized spacial score (nSPS) is 24.2. The molecule has 3 heterocycles. The number of ether oxygens (including phenoxy) is 2. The summed E-state index contributed by atoms with van der Waals surface area (Å²) in [6, 6.07) is 0. The molecule has 0 amide bonds. The summed E-state index contributed by atoms with van der Waals surface area (Å²) in [5.74, 6) is 4.33. The third-order valence-corrected chi connectivity index (χ3v) is 14.1. The fourth-order valence-corrected chi connectivity index (χ4v) is 12.4. The molecule has 3 aliphatic rings. The standard InChI is InChI=1S/C16H22O2S8/c1-19-13-14(20-2)26-16(25-13)15-23-11-9-21-7-5-17-3-4-18-6-8-22-10-12(11)24-15/h3-10H2,1-2H3. The lowest BCUT2D eigenvalue weighted by atomic mass is 10.5. The van der Waals surface area contributed by atoms with Gasteiger partial charge in [-0.15, -0.1) is 23.5 Å². The molecule has 0 fully saturated rings. The summed E-state index contributed by atoms with van der Waals surface area (Å²) in [5, 5.41) is 0. The van der Waals surface area contributed by atoms with Crippen LogP contribution in [0.2, 0.25) is 0 Å². The summed E-state index contributed by atoms with van der Waals surface area (Å²) in [4.78, 5) is 3.11. The number of rotatable bonds is 2. The van der Waals surface area contributed by atoms with Crippen LogP contribution >= 0.6 is 94.1 Å². The maximum atomic E-state index is 5.63. The van der Waals surface area contributed by atoms with Crippen LogP contribution in [0.25, 0.3) is 0 Å². The number of thioether (sulfide) groups is 8. The average Bonchev–Trinajstić information content (AvgIpc) is 3.26. The van der Waals surface area contributed by atoms with E-state index >= 15 is 0 Å². The van der Waals surface area contributed by atoms with E-state index in [1.807, 2.05) is 94.1 Å². The summed E-state index contributed by atoms with van der Waals surface area (Å²) in [7, 11) is 0. The first-order valence-electron chi connectivity index (χ1n) is 8.12. The summed E-state index contributed by atoms with van der Waals surface area (Å²) >= 11 is 15.7. The monoisotopic (exact) mass is 502 g/mol. The van der Waals surface area contributed by atoms with Gasteiger partial charge < -0.3 is 9.47 Å². The molecule has 0 aromatic carbocycles. The molecular weight excluding hydrogens is 481 g/mol. The van der Waals surface area contributed by atoms with Crippen LogP contribution in [-0.2, 0) is 9.47 Å². The van der Waals surface area contributed by atoms with Gasteiger partial charge in [0.05, 0.1) is 43.4 Å². The van der Waals surface area contributed by atoms with E-state index in [4.69, 9.17) is 9.47 Å². The van der Waals surface area contributed by atoms with Crippen molar-refractivity contribution in [3.63, 3.8) is 0 Å². The Morgan fingerprint density at radius 1 is 0.654 bits per heavy atom. The minimum absolute atomic E-state index is 0.719. The molecule has 0 radical (unpaired) electrons. The van der Waals surface area contributed by atoms with E-state index < -0.39 is 0 Å². The van der Waals surface area contributed by atoms with Crippen molar-refractivity contribution in [2.24, 2.45) is 0 Å². The van der Waals surface area contributed by atoms with E-state index in [0.29, 0.717) is 0 Å². The SMILES string of the molecule is CSC1=C(SC)SC(=C2SC3=C(CSCCOCCOCCSC3)S2)S1. The van der Waals surface area contributed by atoms with Crippen LogP contribution in [0.4, 0.5) is 0 Å². The zero-order chi connectivity index (χ0) is 18.2. The van der Waals surface area contributed by atoms with Crippen molar-refractivity contribution >= 4 is 94.1 Å². The third-order valence-electron chi connectivity index (χ3n) is 3.40. The maximum absolute atomic E-state index is 5.63. The third kappa shape index (κ3) is 6.74. The summed E-state index contributed by atoms with van der Waals surface area (Å²) in [5.41, 5.74) is 0. The van der Waals surface area contributed by atoms with Gasteiger partial charge in [-0.25, -0.2) is 0 Å². The second-order valence-corrected chi connectivity index (χ2v) is 14.3. The van der Waals surface area contributed by atoms with Crippen molar-refractivity contribution in [3.05, 3.63) is 26.8 Å². The van der Waals surface area contributed by atoms with E-state index in [1.165, 1.54) is 16.9 Å². The molecule has 26 heavy (non-hydrogen) atoms. The van der Waals surface area contributed by atoms with E-state index in [-0.39, 0.29) is 0 Å². The fourth-order valence-electron chi connectivity index (χ4n) is 2.16. The minimum Gasteiger partial charge on any atom is -0.378 e. The molecule has 0 aromatic rings. The predicted octanol–water partition coefficient (Wildman–Crippen LogP) is 6.65. The van der Waals surface area contributed by atoms with E-state index in [9.17, 15) is 0 Å². The fraction of sp³-hybridized carbons (Fsp3) is 0.625. The molecule has 0 saturated carbocycles. The highest BCUT2D eigenvalue weighted by Crippen LogP contribution is 2.63. The Bertz CT molecular complexity index is 541. The molecule has 0 aromatic heterocycles. The Morgan fingerprint density at radius 3 is 1.58 bits per heavy atom. The van der Waals surface area contributed by atoms with Crippen LogP contribution in [0.1, 0.15) is 0 Å². The van der Waals surface area contributed by atoms with Crippen LogP contribution in [0.5, 0.6) is 0 Å². The number of hydrogen-bond acceptors (Lipinski definition) is 10. The van der Waals surface area contributed by atoms with Crippen LogP contribution in [-0.4, -0.2) is 62.0 Å². The van der Waals surface area contributed by atoms with Crippen molar-refractivity contribution in [3.8, 4) is 0 Å². The van der Waals surface area contributed by atoms with E-state index in [1.54, 1.807) is 9.81 Å². The zero-order valence-electron chi connectivity index (χ0n) is 14.7. The van der Waals surface area contributed by atoms with Gasteiger partial charge in [0.1, 0.15) is 0 Å². The van der Waals surface area contributed by atoms with E-state index in [0.717, 1.165) is 49.4 Å². The second kappa shape index (κ2) is 12.6. The van der Waals surface area contributed by atoms with Crippen molar-refractivity contribution < 1.29 is 9.47 Å². The van der Waals surface area contributed by atoms with Gasteiger partial charge in [0, 0.05) is 32.8 Å². The molecule has 0 unspecified atom stereocenters. The van der Waals surface area contributed by atoms with Crippen molar-refractivity contribution in [1.29, 1.82) is 0 Å². The van der Waals surface area contributed by atoms with Gasteiger partial charge in [-0.3, -0.25) is 0 Å². The van der Waals surface area contributed by atoms with Crippen molar-refractivity contribution in [1.82, 2.24) is 0 Å². The lowest BCUT2D eigenvalue weighted by Gasteiger charge is -2.09. The van der Waals surface area contributed by atoms with Crippen LogP contribution in [0.15, 0.2) is 26.8 Å². The molecule has 3 aliphatic heterocycles. The lowest BCUT2D eigenvalue weighted by molar-refractivity contribution is 0.0605. The first kappa shape index (κ1) is 22.6. The highest BCUT2D eigenvalue weighted by Gasteiger charge is 2.29. The molecule has 0 bridgehead atoms. The largest absolute Gasteiger partial charge is 0.378 e. The average molecular weight is 503 g/mol. The Hall–Kier alpha value is 1.94. The van der Waals surface area contributed by atoms with Gasteiger partial charge in [0.2, 0.25) is 0 Å². The quantitative estimate of drug-likeness (QED) is 0.406. The summed E-state index contributed by atoms with van der Waals surface area (Å²) in [6.07, 6.45) is 4.36. The van der Waals surface area contributed by atoms with Crippen LogP contribution in [0.3, 0.4) is 0 Å². The van der Waals surface area contributed by atoms with Gasteiger partial charge in [0.15, 0.2) is 0 Å². The minimum atomic E-state index is 0.719.